The van der Waals surface area contributed by atoms with Gasteiger partial charge in [-0.1, -0.05) is 17.7 Å². The second-order valence-corrected chi connectivity index (χ2v) is 3.29. The average Bonchev–Trinajstić information content (AvgIpc) is 2.16. The molecular formula is C11H17NO. The SMILES string of the molecule is CO[C@H](C)CNc1ccc(C)cc1. The van der Waals surface area contributed by atoms with Crippen LogP contribution in [0.5, 0.6) is 0 Å². The lowest BCUT2D eigenvalue weighted by Gasteiger charge is -2.11. The van der Waals surface area contributed by atoms with Crippen molar-refractivity contribution in [1.29, 1.82) is 0 Å². The fraction of sp³-hybridized carbons (Fsp3) is 0.455. The summed E-state index contributed by atoms with van der Waals surface area (Å²) in [7, 11) is 1.72. The molecule has 0 saturated carbocycles. The molecule has 0 aliphatic carbocycles. The van der Waals surface area contributed by atoms with Crippen LogP contribution in [0.25, 0.3) is 0 Å². The van der Waals surface area contributed by atoms with Crippen molar-refractivity contribution in [2.75, 3.05) is 19.0 Å². The molecule has 1 N–H and O–H groups in total. The van der Waals surface area contributed by atoms with Gasteiger partial charge in [0.1, 0.15) is 0 Å². The number of benzene rings is 1. The Morgan fingerprint density at radius 1 is 1.31 bits per heavy atom. The number of anilines is 1. The minimum Gasteiger partial charge on any atom is -0.382 e. The van der Waals surface area contributed by atoms with Gasteiger partial charge in [-0.15, -0.1) is 0 Å². The Labute approximate surface area is 79.9 Å². The van der Waals surface area contributed by atoms with Crippen molar-refractivity contribution in [3.05, 3.63) is 29.8 Å². The Bertz CT molecular complexity index is 243. The van der Waals surface area contributed by atoms with Crippen LogP contribution in [0.3, 0.4) is 0 Å². The Morgan fingerprint density at radius 3 is 2.46 bits per heavy atom. The quantitative estimate of drug-likeness (QED) is 0.766. The highest BCUT2D eigenvalue weighted by molar-refractivity contribution is 5.44. The fourth-order valence-corrected chi connectivity index (χ4v) is 1.02. The number of ether oxygens (including phenoxy) is 1. The summed E-state index contributed by atoms with van der Waals surface area (Å²) >= 11 is 0. The molecule has 1 aromatic rings. The molecule has 0 aromatic heterocycles. The second kappa shape index (κ2) is 4.87. The van der Waals surface area contributed by atoms with Crippen LogP contribution in [0.2, 0.25) is 0 Å². The maximum atomic E-state index is 5.13. The molecule has 0 bridgehead atoms. The van der Waals surface area contributed by atoms with E-state index in [-0.39, 0.29) is 6.10 Å². The van der Waals surface area contributed by atoms with Gasteiger partial charge in [-0.25, -0.2) is 0 Å². The Kier molecular flexibility index (Phi) is 3.77. The normalized spacial score (nSPS) is 12.5. The Balaban J connectivity index is 2.41. The van der Waals surface area contributed by atoms with E-state index in [2.05, 4.69) is 36.5 Å². The van der Waals surface area contributed by atoms with Crippen LogP contribution in [0, 0.1) is 6.92 Å². The van der Waals surface area contributed by atoms with Crippen LogP contribution >= 0.6 is 0 Å². The smallest absolute Gasteiger partial charge is 0.0715 e. The van der Waals surface area contributed by atoms with Gasteiger partial charge in [0.2, 0.25) is 0 Å². The molecule has 1 rings (SSSR count). The van der Waals surface area contributed by atoms with Crippen LogP contribution < -0.4 is 5.32 Å². The van der Waals surface area contributed by atoms with Gasteiger partial charge in [-0.3, -0.25) is 0 Å². The molecule has 0 fully saturated rings. The van der Waals surface area contributed by atoms with Crippen molar-refractivity contribution in [2.45, 2.75) is 20.0 Å². The van der Waals surface area contributed by atoms with Crippen LogP contribution in [-0.2, 0) is 4.74 Å². The van der Waals surface area contributed by atoms with Gasteiger partial charge < -0.3 is 10.1 Å². The summed E-state index contributed by atoms with van der Waals surface area (Å²) in [5.41, 5.74) is 2.43. The van der Waals surface area contributed by atoms with E-state index in [4.69, 9.17) is 4.74 Å². The molecule has 0 radical (unpaired) electrons. The number of methoxy groups -OCH3 is 1. The molecule has 0 unspecified atom stereocenters. The topological polar surface area (TPSA) is 21.3 Å². The van der Waals surface area contributed by atoms with Crippen LogP contribution in [0.4, 0.5) is 5.69 Å². The monoisotopic (exact) mass is 179 g/mol. The largest absolute Gasteiger partial charge is 0.382 e. The van der Waals surface area contributed by atoms with Gasteiger partial charge in [0.05, 0.1) is 6.10 Å². The molecule has 13 heavy (non-hydrogen) atoms. The van der Waals surface area contributed by atoms with Gasteiger partial charge in [0.15, 0.2) is 0 Å². The van der Waals surface area contributed by atoms with E-state index < -0.39 is 0 Å². The van der Waals surface area contributed by atoms with E-state index in [0.29, 0.717) is 0 Å². The highest BCUT2D eigenvalue weighted by atomic mass is 16.5. The Morgan fingerprint density at radius 2 is 1.92 bits per heavy atom. The predicted molar refractivity (Wildman–Crippen MR) is 56.1 cm³/mol. The molecule has 0 spiro atoms. The fourth-order valence-electron chi connectivity index (χ4n) is 1.02. The molecule has 0 aliphatic rings. The van der Waals surface area contributed by atoms with E-state index >= 15 is 0 Å². The molecule has 0 aliphatic heterocycles. The summed E-state index contributed by atoms with van der Waals surface area (Å²) in [5, 5.41) is 3.30. The lowest BCUT2D eigenvalue weighted by Crippen LogP contribution is -2.17. The lowest BCUT2D eigenvalue weighted by atomic mass is 10.2. The summed E-state index contributed by atoms with van der Waals surface area (Å²) in [6.45, 7) is 4.97. The van der Waals surface area contributed by atoms with E-state index in [9.17, 15) is 0 Å². The molecule has 0 heterocycles. The first-order chi connectivity index (χ1) is 6.22. The number of nitrogens with one attached hydrogen (secondary N) is 1. The van der Waals surface area contributed by atoms with Crippen molar-refractivity contribution in [3.8, 4) is 0 Å². The third-order valence-corrected chi connectivity index (χ3v) is 2.05. The van der Waals surface area contributed by atoms with Crippen molar-refractivity contribution in [3.63, 3.8) is 0 Å². The van der Waals surface area contributed by atoms with Crippen LogP contribution in [0.15, 0.2) is 24.3 Å². The highest BCUT2D eigenvalue weighted by Gasteiger charge is 1.97. The molecule has 0 amide bonds. The Hall–Kier alpha value is -1.02. The molecule has 72 valence electrons. The minimum atomic E-state index is 0.251. The van der Waals surface area contributed by atoms with Gasteiger partial charge in [-0.05, 0) is 26.0 Å². The standard InChI is InChI=1S/C11H17NO/c1-9-4-6-11(7-5-9)12-8-10(2)13-3/h4-7,10,12H,8H2,1-3H3/t10-/m1/s1. The molecule has 1 aromatic carbocycles. The second-order valence-electron chi connectivity index (χ2n) is 3.29. The van der Waals surface area contributed by atoms with Gasteiger partial charge in [0.25, 0.3) is 0 Å². The minimum absolute atomic E-state index is 0.251. The van der Waals surface area contributed by atoms with Crippen LogP contribution in [0.1, 0.15) is 12.5 Å². The van der Waals surface area contributed by atoms with Crippen molar-refractivity contribution >= 4 is 5.69 Å². The van der Waals surface area contributed by atoms with E-state index in [0.717, 1.165) is 12.2 Å². The molecule has 2 nitrogen and oxygen atoms in total. The third-order valence-electron chi connectivity index (χ3n) is 2.05. The van der Waals surface area contributed by atoms with Crippen molar-refractivity contribution < 1.29 is 4.74 Å². The van der Waals surface area contributed by atoms with Crippen molar-refractivity contribution in [2.24, 2.45) is 0 Å². The molecule has 2 heteroatoms. The number of rotatable bonds is 4. The summed E-state index contributed by atoms with van der Waals surface area (Å²) < 4.78 is 5.13. The summed E-state index contributed by atoms with van der Waals surface area (Å²) in [6, 6.07) is 8.36. The first-order valence-electron chi connectivity index (χ1n) is 4.55. The average molecular weight is 179 g/mol. The van der Waals surface area contributed by atoms with E-state index in [1.165, 1.54) is 5.56 Å². The van der Waals surface area contributed by atoms with E-state index in [1.54, 1.807) is 7.11 Å². The van der Waals surface area contributed by atoms with Crippen molar-refractivity contribution in [1.82, 2.24) is 0 Å². The number of hydrogen-bond acceptors (Lipinski definition) is 2. The zero-order chi connectivity index (χ0) is 9.68. The van der Waals surface area contributed by atoms with Gasteiger partial charge in [0, 0.05) is 19.3 Å². The number of aryl methyl sites for hydroxylation is 1. The maximum absolute atomic E-state index is 5.13. The third kappa shape index (κ3) is 3.47. The first kappa shape index (κ1) is 10.1. The maximum Gasteiger partial charge on any atom is 0.0715 e. The zero-order valence-electron chi connectivity index (χ0n) is 8.50. The lowest BCUT2D eigenvalue weighted by molar-refractivity contribution is 0.129. The van der Waals surface area contributed by atoms with E-state index in [1.807, 2.05) is 6.92 Å². The molecular weight excluding hydrogens is 162 g/mol. The zero-order valence-corrected chi connectivity index (χ0v) is 8.50. The number of hydrogen-bond donors (Lipinski definition) is 1. The molecule has 0 saturated heterocycles. The van der Waals surface area contributed by atoms with Crippen LogP contribution in [-0.4, -0.2) is 19.8 Å². The van der Waals surface area contributed by atoms with Gasteiger partial charge in [-0.2, -0.15) is 0 Å². The molecule has 1 atom stereocenters. The highest BCUT2D eigenvalue weighted by Crippen LogP contribution is 2.08. The summed E-state index contributed by atoms with van der Waals surface area (Å²) in [4.78, 5) is 0. The first-order valence-corrected chi connectivity index (χ1v) is 4.55. The predicted octanol–water partition coefficient (Wildman–Crippen LogP) is 2.44. The summed E-state index contributed by atoms with van der Waals surface area (Å²) in [5.74, 6) is 0. The summed E-state index contributed by atoms with van der Waals surface area (Å²) in [6.07, 6.45) is 0.251. The van der Waals surface area contributed by atoms with Gasteiger partial charge >= 0.3 is 0 Å².